The van der Waals surface area contributed by atoms with Gasteiger partial charge in [-0.3, -0.25) is 4.79 Å². The molecule has 1 aromatic carbocycles. The van der Waals surface area contributed by atoms with Gasteiger partial charge in [-0.2, -0.15) is 0 Å². The van der Waals surface area contributed by atoms with Crippen LogP contribution >= 0.6 is 11.6 Å². The lowest BCUT2D eigenvalue weighted by molar-refractivity contribution is 0.0957. The van der Waals surface area contributed by atoms with Crippen molar-refractivity contribution in [3.8, 4) is 5.75 Å². The fraction of sp³-hybridized carbons (Fsp3) is 0.533. The van der Waals surface area contributed by atoms with Crippen LogP contribution in [0.25, 0.3) is 0 Å². The van der Waals surface area contributed by atoms with Gasteiger partial charge >= 0.3 is 0 Å². The molecule has 0 aromatic heterocycles. The monoisotopic (exact) mass is 295 g/mol. The van der Waals surface area contributed by atoms with Crippen molar-refractivity contribution in [1.29, 1.82) is 0 Å². The first-order chi connectivity index (χ1) is 9.74. The average molecular weight is 296 g/mol. The number of fused-ring (bicyclic) bond motifs is 1. The summed E-state index contributed by atoms with van der Waals surface area (Å²) in [6.07, 6.45) is 3.19. The second kappa shape index (κ2) is 6.02. The number of benzene rings is 1. The molecule has 2 aliphatic rings. The predicted octanol–water partition coefficient (Wildman–Crippen LogP) is 2.66. The summed E-state index contributed by atoms with van der Waals surface area (Å²) in [7, 11) is 0. The molecular formula is C15H18ClNO3. The Labute approximate surface area is 123 Å². The summed E-state index contributed by atoms with van der Waals surface area (Å²) < 4.78 is 11.1. The minimum Gasteiger partial charge on any atom is -0.491 e. The second-order valence-electron chi connectivity index (χ2n) is 5.20. The first kappa shape index (κ1) is 13.7. The van der Waals surface area contributed by atoms with Crippen molar-refractivity contribution < 1.29 is 14.3 Å². The number of carbonyl (C=O) groups is 1. The number of nitrogens with one attached hydrogen (secondary N) is 1. The van der Waals surface area contributed by atoms with Crippen LogP contribution in [-0.4, -0.2) is 31.8 Å². The lowest BCUT2D eigenvalue weighted by Gasteiger charge is -2.16. The van der Waals surface area contributed by atoms with E-state index in [1.54, 1.807) is 0 Å². The molecule has 0 bridgehead atoms. The number of halogens is 1. The highest BCUT2D eigenvalue weighted by atomic mass is 35.5. The third-order valence-corrected chi connectivity index (χ3v) is 4.18. The molecule has 0 saturated carbocycles. The number of alkyl halides is 1. The van der Waals surface area contributed by atoms with Crippen molar-refractivity contribution in [1.82, 2.24) is 5.32 Å². The molecule has 3 rings (SSSR count). The Bertz CT molecular complexity index is 500. The Morgan fingerprint density at radius 1 is 1.40 bits per heavy atom. The highest BCUT2D eigenvalue weighted by Crippen LogP contribution is 2.33. The third kappa shape index (κ3) is 2.91. The van der Waals surface area contributed by atoms with Gasteiger partial charge in [0.15, 0.2) is 0 Å². The van der Waals surface area contributed by atoms with Crippen molar-refractivity contribution >= 4 is 17.5 Å². The first-order valence-electron chi connectivity index (χ1n) is 7.04. The van der Waals surface area contributed by atoms with Gasteiger partial charge in [-0.25, -0.2) is 0 Å². The first-order valence-corrected chi connectivity index (χ1v) is 7.48. The molecule has 1 aromatic rings. The minimum atomic E-state index is -0.139. The summed E-state index contributed by atoms with van der Waals surface area (Å²) in [4.78, 5) is 12.0. The molecule has 1 fully saturated rings. The molecule has 0 spiro atoms. The van der Waals surface area contributed by atoms with E-state index in [2.05, 4.69) is 5.32 Å². The van der Waals surface area contributed by atoms with E-state index < -0.39 is 0 Å². The molecule has 1 amide bonds. The Morgan fingerprint density at radius 3 is 3.10 bits per heavy atom. The van der Waals surface area contributed by atoms with Crippen LogP contribution in [0.15, 0.2) is 18.2 Å². The molecule has 4 nitrogen and oxygen atoms in total. The van der Waals surface area contributed by atoms with Crippen LogP contribution in [-0.2, 0) is 4.74 Å². The van der Waals surface area contributed by atoms with Gasteiger partial charge in [0.2, 0.25) is 0 Å². The zero-order chi connectivity index (χ0) is 13.9. The molecule has 2 unspecified atom stereocenters. The van der Waals surface area contributed by atoms with E-state index in [-0.39, 0.29) is 17.4 Å². The van der Waals surface area contributed by atoms with Crippen LogP contribution in [0.2, 0.25) is 0 Å². The molecule has 108 valence electrons. The van der Waals surface area contributed by atoms with Crippen LogP contribution < -0.4 is 10.1 Å². The van der Waals surface area contributed by atoms with Crippen LogP contribution in [0.3, 0.4) is 0 Å². The highest BCUT2D eigenvalue weighted by Gasteiger charge is 2.23. The van der Waals surface area contributed by atoms with E-state index in [0.29, 0.717) is 24.5 Å². The van der Waals surface area contributed by atoms with Crippen molar-refractivity contribution in [2.24, 2.45) is 0 Å². The van der Waals surface area contributed by atoms with Gasteiger partial charge in [0.1, 0.15) is 12.4 Å². The normalized spacial score (nSPS) is 23.4. The van der Waals surface area contributed by atoms with E-state index in [1.807, 2.05) is 18.2 Å². The molecule has 5 heteroatoms. The number of carbonyl (C=O) groups excluding carboxylic acids is 1. The van der Waals surface area contributed by atoms with E-state index >= 15 is 0 Å². The van der Waals surface area contributed by atoms with Gasteiger partial charge < -0.3 is 14.8 Å². The standard InChI is InChI=1S/C15H18ClNO3/c16-13(9-11-2-1-6-19-11)10-3-4-14-12(8-10)15(18)17-5-7-20-14/h3-4,8,11,13H,1-2,5-7,9H2,(H,17,18). The number of hydrogen-bond acceptors (Lipinski definition) is 3. The van der Waals surface area contributed by atoms with Crippen molar-refractivity contribution in [3.05, 3.63) is 29.3 Å². The summed E-state index contributed by atoms with van der Waals surface area (Å²) in [6, 6.07) is 5.60. The smallest absolute Gasteiger partial charge is 0.255 e. The molecule has 1 saturated heterocycles. The molecule has 2 heterocycles. The number of rotatable bonds is 3. The maximum absolute atomic E-state index is 12.0. The fourth-order valence-electron chi connectivity index (χ4n) is 2.66. The quantitative estimate of drug-likeness (QED) is 0.872. The number of amides is 1. The number of ether oxygens (including phenoxy) is 2. The molecule has 20 heavy (non-hydrogen) atoms. The van der Waals surface area contributed by atoms with Gasteiger partial charge in [-0.05, 0) is 37.0 Å². The van der Waals surface area contributed by atoms with E-state index in [1.165, 1.54) is 0 Å². The van der Waals surface area contributed by atoms with Gasteiger partial charge in [0.25, 0.3) is 5.91 Å². The zero-order valence-electron chi connectivity index (χ0n) is 11.2. The lowest BCUT2D eigenvalue weighted by atomic mass is 10.0. The van der Waals surface area contributed by atoms with Crippen LogP contribution in [0.4, 0.5) is 0 Å². The molecule has 0 radical (unpaired) electrons. The van der Waals surface area contributed by atoms with E-state index in [9.17, 15) is 4.79 Å². The van der Waals surface area contributed by atoms with Gasteiger partial charge in [0, 0.05) is 6.61 Å². The average Bonchev–Trinajstić information content (AvgIpc) is 2.89. The summed E-state index contributed by atoms with van der Waals surface area (Å²) in [6.45, 7) is 1.86. The summed E-state index contributed by atoms with van der Waals surface area (Å²) in [5, 5.41) is 2.67. The second-order valence-corrected chi connectivity index (χ2v) is 5.73. The maximum Gasteiger partial charge on any atom is 0.255 e. The van der Waals surface area contributed by atoms with Crippen LogP contribution in [0.1, 0.15) is 40.6 Å². The van der Waals surface area contributed by atoms with Crippen LogP contribution in [0, 0.1) is 0 Å². The summed E-state index contributed by atoms with van der Waals surface area (Å²) in [5.74, 6) is 0.532. The molecule has 0 aliphatic carbocycles. The van der Waals surface area contributed by atoms with E-state index in [0.717, 1.165) is 31.4 Å². The zero-order valence-corrected chi connectivity index (χ0v) is 12.0. The molecule has 1 N–H and O–H groups in total. The van der Waals surface area contributed by atoms with Crippen molar-refractivity contribution in [2.45, 2.75) is 30.7 Å². The fourth-order valence-corrected chi connectivity index (χ4v) is 3.00. The SMILES string of the molecule is O=C1NCCOc2ccc(C(Cl)CC3CCCO3)cc21. The lowest BCUT2D eigenvalue weighted by Crippen LogP contribution is -2.24. The number of hydrogen-bond donors (Lipinski definition) is 1. The van der Waals surface area contributed by atoms with Crippen LogP contribution in [0.5, 0.6) is 5.75 Å². The Kier molecular flexibility index (Phi) is 4.13. The van der Waals surface area contributed by atoms with Gasteiger partial charge in [-0.15, -0.1) is 11.6 Å². The molecular weight excluding hydrogens is 278 g/mol. The van der Waals surface area contributed by atoms with E-state index in [4.69, 9.17) is 21.1 Å². The largest absolute Gasteiger partial charge is 0.491 e. The third-order valence-electron chi connectivity index (χ3n) is 3.75. The van der Waals surface area contributed by atoms with Crippen molar-refractivity contribution in [2.75, 3.05) is 19.8 Å². The van der Waals surface area contributed by atoms with Crippen molar-refractivity contribution in [3.63, 3.8) is 0 Å². The Morgan fingerprint density at radius 2 is 2.30 bits per heavy atom. The minimum absolute atomic E-state index is 0.0969. The highest BCUT2D eigenvalue weighted by molar-refractivity contribution is 6.21. The predicted molar refractivity (Wildman–Crippen MR) is 76.5 cm³/mol. The molecule has 2 atom stereocenters. The molecule has 2 aliphatic heterocycles. The van der Waals surface area contributed by atoms with Gasteiger partial charge in [0.05, 0.1) is 23.6 Å². The topological polar surface area (TPSA) is 47.6 Å². The maximum atomic E-state index is 12.0. The Hall–Kier alpha value is -1.26. The summed E-state index contributed by atoms with van der Waals surface area (Å²) in [5.41, 5.74) is 1.51. The van der Waals surface area contributed by atoms with Gasteiger partial charge in [-0.1, -0.05) is 6.07 Å². The Balaban J connectivity index is 1.78. The summed E-state index contributed by atoms with van der Waals surface area (Å²) >= 11 is 6.46.